The summed E-state index contributed by atoms with van der Waals surface area (Å²) in [4.78, 5) is 2.44. The van der Waals surface area contributed by atoms with E-state index in [4.69, 9.17) is 0 Å². The predicted molar refractivity (Wildman–Crippen MR) is 66.5 cm³/mol. The SMILES string of the molecule is CN1CCCC1CNC1CCCCCC1O. The number of aliphatic hydroxyl groups excluding tert-OH is 1. The summed E-state index contributed by atoms with van der Waals surface area (Å²) in [5.41, 5.74) is 0. The number of hydrogen-bond acceptors (Lipinski definition) is 3. The molecule has 0 aromatic carbocycles. The molecule has 2 fully saturated rings. The Hall–Kier alpha value is -0.120. The first-order valence-corrected chi connectivity index (χ1v) is 6.89. The van der Waals surface area contributed by atoms with Gasteiger partial charge in [-0.3, -0.25) is 0 Å². The first-order chi connectivity index (χ1) is 7.77. The van der Waals surface area contributed by atoms with Gasteiger partial charge in [0.1, 0.15) is 0 Å². The fourth-order valence-corrected chi connectivity index (χ4v) is 3.05. The highest BCUT2D eigenvalue weighted by Gasteiger charge is 2.25. The largest absolute Gasteiger partial charge is 0.392 e. The number of hydrogen-bond donors (Lipinski definition) is 2. The van der Waals surface area contributed by atoms with Crippen LogP contribution in [0.3, 0.4) is 0 Å². The zero-order chi connectivity index (χ0) is 11.4. The van der Waals surface area contributed by atoms with Gasteiger partial charge in [0.15, 0.2) is 0 Å². The van der Waals surface area contributed by atoms with Crippen molar-refractivity contribution in [3.63, 3.8) is 0 Å². The third-order valence-corrected chi connectivity index (χ3v) is 4.27. The van der Waals surface area contributed by atoms with Crippen molar-refractivity contribution in [2.45, 2.75) is 63.1 Å². The van der Waals surface area contributed by atoms with E-state index in [1.807, 2.05) is 0 Å². The van der Waals surface area contributed by atoms with Crippen LogP contribution in [-0.4, -0.2) is 48.3 Å². The molecule has 0 radical (unpaired) electrons. The fraction of sp³-hybridized carbons (Fsp3) is 1.00. The Labute approximate surface area is 99.2 Å². The molecule has 0 bridgehead atoms. The summed E-state index contributed by atoms with van der Waals surface area (Å²) in [5, 5.41) is 13.6. The molecular formula is C13H26N2O. The first kappa shape index (κ1) is 12.3. The van der Waals surface area contributed by atoms with Crippen molar-refractivity contribution in [1.82, 2.24) is 10.2 Å². The maximum absolute atomic E-state index is 10.0. The van der Waals surface area contributed by atoms with Gasteiger partial charge in [-0.1, -0.05) is 19.3 Å². The number of nitrogens with zero attached hydrogens (tertiary/aromatic N) is 1. The van der Waals surface area contributed by atoms with Crippen molar-refractivity contribution in [3.8, 4) is 0 Å². The molecule has 3 heteroatoms. The lowest BCUT2D eigenvalue weighted by molar-refractivity contribution is 0.116. The van der Waals surface area contributed by atoms with Crippen molar-refractivity contribution in [3.05, 3.63) is 0 Å². The highest BCUT2D eigenvalue weighted by molar-refractivity contribution is 4.84. The fourth-order valence-electron chi connectivity index (χ4n) is 3.05. The van der Waals surface area contributed by atoms with Gasteiger partial charge < -0.3 is 15.3 Å². The van der Waals surface area contributed by atoms with Gasteiger partial charge >= 0.3 is 0 Å². The molecule has 1 heterocycles. The van der Waals surface area contributed by atoms with Crippen molar-refractivity contribution in [2.75, 3.05) is 20.1 Å². The molecule has 1 aliphatic carbocycles. The Morgan fingerprint density at radius 2 is 1.94 bits per heavy atom. The lowest BCUT2D eigenvalue weighted by atomic mass is 10.1. The summed E-state index contributed by atoms with van der Waals surface area (Å²) >= 11 is 0. The summed E-state index contributed by atoms with van der Waals surface area (Å²) in [6, 6.07) is 1.03. The van der Waals surface area contributed by atoms with Crippen LogP contribution in [0.25, 0.3) is 0 Å². The van der Waals surface area contributed by atoms with Crippen LogP contribution >= 0.6 is 0 Å². The highest BCUT2D eigenvalue weighted by Crippen LogP contribution is 2.19. The van der Waals surface area contributed by atoms with Gasteiger partial charge in [-0.15, -0.1) is 0 Å². The van der Waals surface area contributed by atoms with Gasteiger partial charge in [0.05, 0.1) is 6.10 Å². The van der Waals surface area contributed by atoms with Crippen LogP contribution in [0.5, 0.6) is 0 Å². The Bertz CT molecular complexity index is 210. The summed E-state index contributed by atoms with van der Waals surface area (Å²) < 4.78 is 0. The number of likely N-dealkylation sites (N-methyl/N-ethyl adjacent to an activating group) is 1. The minimum atomic E-state index is -0.116. The smallest absolute Gasteiger partial charge is 0.0693 e. The van der Waals surface area contributed by atoms with Gasteiger partial charge in [-0.2, -0.15) is 0 Å². The van der Waals surface area contributed by atoms with Crippen molar-refractivity contribution >= 4 is 0 Å². The predicted octanol–water partition coefficient (Wildman–Crippen LogP) is 1.36. The van der Waals surface area contributed by atoms with Crippen LogP contribution in [-0.2, 0) is 0 Å². The van der Waals surface area contributed by atoms with E-state index in [0.29, 0.717) is 12.1 Å². The minimum absolute atomic E-state index is 0.116. The van der Waals surface area contributed by atoms with Crippen LogP contribution in [0.1, 0.15) is 44.9 Å². The molecule has 0 amide bonds. The highest BCUT2D eigenvalue weighted by atomic mass is 16.3. The summed E-state index contributed by atoms with van der Waals surface area (Å²) in [6.45, 7) is 2.29. The van der Waals surface area contributed by atoms with Gasteiger partial charge in [0.2, 0.25) is 0 Å². The molecule has 1 saturated heterocycles. The van der Waals surface area contributed by atoms with Crippen molar-refractivity contribution in [2.24, 2.45) is 0 Å². The molecular weight excluding hydrogens is 200 g/mol. The summed E-state index contributed by atoms with van der Waals surface area (Å²) in [5.74, 6) is 0. The third kappa shape index (κ3) is 3.19. The van der Waals surface area contributed by atoms with Crippen LogP contribution in [0.15, 0.2) is 0 Å². The van der Waals surface area contributed by atoms with Gasteiger partial charge in [-0.05, 0) is 39.3 Å². The second-order valence-electron chi connectivity index (χ2n) is 5.50. The van der Waals surface area contributed by atoms with Gasteiger partial charge in [0, 0.05) is 18.6 Å². The first-order valence-electron chi connectivity index (χ1n) is 6.89. The molecule has 3 unspecified atom stereocenters. The number of likely N-dealkylation sites (tertiary alicyclic amines) is 1. The monoisotopic (exact) mass is 226 g/mol. The van der Waals surface area contributed by atoms with E-state index in [-0.39, 0.29) is 6.10 Å². The van der Waals surface area contributed by atoms with Crippen LogP contribution in [0.4, 0.5) is 0 Å². The molecule has 0 aromatic rings. The van der Waals surface area contributed by atoms with Gasteiger partial charge in [-0.25, -0.2) is 0 Å². The zero-order valence-electron chi connectivity index (χ0n) is 10.5. The molecule has 3 nitrogen and oxygen atoms in total. The van der Waals surface area contributed by atoms with E-state index in [2.05, 4.69) is 17.3 Å². The summed E-state index contributed by atoms with van der Waals surface area (Å²) in [6.07, 6.45) is 8.42. The topological polar surface area (TPSA) is 35.5 Å². The third-order valence-electron chi connectivity index (χ3n) is 4.27. The Balaban J connectivity index is 1.75. The van der Waals surface area contributed by atoms with Crippen LogP contribution in [0.2, 0.25) is 0 Å². The van der Waals surface area contributed by atoms with E-state index in [1.54, 1.807) is 0 Å². The quantitative estimate of drug-likeness (QED) is 0.713. The van der Waals surface area contributed by atoms with E-state index < -0.39 is 0 Å². The number of nitrogens with one attached hydrogen (secondary N) is 1. The Morgan fingerprint density at radius 1 is 1.12 bits per heavy atom. The molecule has 94 valence electrons. The van der Waals surface area contributed by atoms with Gasteiger partial charge in [0.25, 0.3) is 0 Å². The molecule has 0 aromatic heterocycles. The zero-order valence-corrected chi connectivity index (χ0v) is 10.5. The molecule has 2 aliphatic rings. The second kappa shape index (κ2) is 5.99. The molecule has 0 spiro atoms. The maximum atomic E-state index is 10.0. The van der Waals surface area contributed by atoms with Crippen molar-refractivity contribution in [1.29, 1.82) is 0 Å². The normalized spacial score (nSPS) is 37.5. The molecule has 16 heavy (non-hydrogen) atoms. The van der Waals surface area contributed by atoms with E-state index in [0.717, 1.165) is 19.4 Å². The molecule has 3 atom stereocenters. The molecule has 1 saturated carbocycles. The van der Waals surface area contributed by atoms with E-state index >= 15 is 0 Å². The minimum Gasteiger partial charge on any atom is -0.392 e. The average molecular weight is 226 g/mol. The van der Waals surface area contributed by atoms with Crippen LogP contribution in [0, 0.1) is 0 Å². The second-order valence-corrected chi connectivity index (χ2v) is 5.50. The van der Waals surface area contributed by atoms with Crippen molar-refractivity contribution < 1.29 is 5.11 Å². The number of rotatable bonds is 3. The Morgan fingerprint density at radius 3 is 2.69 bits per heavy atom. The average Bonchev–Trinajstić information content (AvgIpc) is 2.56. The van der Waals surface area contributed by atoms with E-state index in [1.165, 1.54) is 38.6 Å². The Kier molecular flexibility index (Phi) is 4.62. The molecule has 1 aliphatic heterocycles. The lowest BCUT2D eigenvalue weighted by Crippen LogP contribution is -2.45. The van der Waals surface area contributed by atoms with E-state index in [9.17, 15) is 5.11 Å². The van der Waals surface area contributed by atoms with Crippen LogP contribution < -0.4 is 5.32 Å². The number of aliphatic hydroxyl groups is 1. The standard InChI is InChI=1S/C13H26N2O/c1-15-9-5-6-11(15)10-14-12-7-3-2-4-8-13(12)16/h11-14,16H,2-10H2,1H3. The summed E-state index contributed by atoms with van der Waals surface area (Å²) in [7, 11) is 2.21. The maximum Gasteiger partial charge on any atom is 0.0693 e. The molecule has 2 rings (SSSR count). The lowest BCUT2D eigenvalue weighted by Gasteiger charge is -2.26. The molecule has 2 N–H and O–H groups in total.